The molecule has 1 N–H and O–H groups in total. The third-order valence-electron chi connectivity index (χ3n) is 5.36. The number of ether oxygens (including phenoxy) is 2. The van der Waals surface area contributed by atoms with Gasteiger partial charge in [-0.15, -0.1) is 0 Å². The van der Waals surface area contributed by atoms with Crippen molar-refractivity contribution < 1.29 is 19.1 Å². The summed E-state index contributed by atoms with van der Waals surface area (Å²) in [6, 6.07) is 13.9. The van der Waals surface area contributed by atoms with Crippen LogP contribution in [0, 0.1) is 0 Å². The van der Waals surface area contributed by atoms with Crippen LogP contribution in [0.5, 0.6) is 11.5 Å². The van der Waals surface area contributed by atoms with Crippen LogP contribution in [-0.2, 0) is 4.79 Å². The number of nitrogens with zero attached hydrogens (tertiary/aromatic N) is 1. The van der Waals surface area contributed by atoms with Crippen molar-refractivity contribution in [3.05, 3.63) is 59.7 Å². The number of carbonyl (C=O) groups is 2. The van der Waals surface area contributed by atoms with Gasteiger partial charge in [-0.1, -0.05) is 58.8 Å². The molecule has 2 rings (SSSR count). The van der Waals surface area contributed by atoms with E-state index in [-0.39, 0.29) is 5.91 Å². The first-order valence-electron chi connectivity index (χ1n) is 12.5. The highest BCUT2D eigenvalue weighted by atomic mass is 16.5. The van der Waals surface area contributed by atoms with Gasteiger partial charge >= 0.3 is 5.97 Å². The highest BCUT2D eigenvalue weighted by Gasteiger charge is 2.09. The second-order valence-corrected chi connectivity index (χ2v) is 8.35. The minimum absolute atomic E-state index is 0.0721. The smallest absolute Gasteiger partial charge is 0.343 e. The Morgan fingerprint density at radius 2 is 1.41 bits per heavy atom. The summed E-state index contributed by atoms with van der Waals surface area (Å²) in [5, 5.41) is 4.01. The number of unbranched alkanes of at least 4 members (excludes halogenated alkanes) is 7. The molecule has 0 saturated carbocycles. The number of carbonyl (C=O) groups excluding carboxylic acids is 2. The van der Waals surface area contributed by atoms with E-state index in [1.807, 2.05) is 0 Å². The van der Waals surface area contributed by atoms with Crippen LogP contribution in [-0.4, -0.2) is 24.7 Å². The highest BCUT2D eigenvalue weighted by Crippen LogP contribution is 2.17. The lowest BCUT2D eigenvalue weighted by Crippen LogP contribution is -2.16. The van der Waals surface area contributed by atoms with Crippen LogP contribution < -0.4 is 14.9 Å². The molecular formula is C28H38N2O4. The molecule has 0 fully saturated rings. The quantitative estimate of drug-likeness (QED) is 0.0984. The summed E-state index contributed by atoms with van der Waals surface area (Å²) >= 11 is 0. The monoisotopic (exact) mass is 466 g/mol. The third kappa shape index (κ3) is 11.1. The molecule has 184 valence electrons. The van der Waals surface area contributed by atoms with E-state index < -0.39 is 5.97 Å². The summed E-state index contributed by atoms with van der Waals surface area (Å²) in [4.78, 5) is 24.2. The zero-order chi connectivity index (χ0) is 24.4. The molecular weight excluding hydrogens is 428 g/mol. The van der Waals surface area contributed by atoms with E-state index in [2.05, 4.69) is 24.4 Å². The predicted molar refractivity (Wildman–Crippen MR) is 137 cm³/mol. The van der Waals surface area contributed by atoms with Crippen molar-refractivity contribution >= 4 is 18.1 Å². The Balaban J connectivity index is 1.69. The van der Waals surface area contributed by atoms with Gasteiger partial charge < -0.3 is 9.47 Å². The molecule has 0 saturated heterocycles. The van der Waals surface area contributed by atoms with Crippen molar-refractivity contribution in [1.29, 1.82) is 0 Å². The van der Waals surface area contributed by atoms with E-state index in [1.165, 1.54) is 32.1 Å². The van der Waals surface area contributed by atoms with Crippen LogP contribution in [0.15, 0.2) is 53.6 Å². The molecule has 0 aliphatic heterocycles. The normalized spacial score (nSPS) is 10.9. The molecule has 34 heavy (non-hydrogen) atoms. The van der Waals surface area contributed by atoms with Crippen molar-refractivity contribution in [2.45, 2.75) is 78.1 Å². The standard InChI is InChI=1S/C28H38N2O4/c1-3-5-7-8-9-10-11-12-27(31)30-29-22-23-13-17-26(18-14-23)34-28(32)24-15-19-25(20-16-24)33-21-6-4-2/h13-20,22H,3-12,21H2,1-2H3,(H,30,31)/b29-22-. The Morgan fingerprint density at radius 1 is 0.794 bits per heavy atom. The molecule has 0 aliphatic rings. The fourth-order valence-corrected chi connectivity index (χ4v) is 3.29. The van der Waals surface area contributed by atoms with Gasteiger partial charge in [0.05, 0.1) is 18.4 Å². The fourth-order valence-electron chi connectivity index (χ4n) is 3.29. The number of amides is 1. The zero-order valence-corrected chi connectivity index (χ0v) is 20.6. The predicted octanol–water partition coefficient (Wildman–Crippen LogP) is 6.68. The number of hydrogen-bond acceptors (Lipinski definition) is 5. The lowest BCUT2D eigenvalue weighted by atomic mass is 10.1. The van der Waals surface area contributed by atoms with Crippen LogP contribution in [0.1, 0.15) is 94.0 Å². The van der Waals surface area contributed by atoms with Gasteiger partial charge in [-0.05, 0) is 66.9 Å². The Morgan fingerprint density at radius 3 is 2.09 bits per heavy atom. The van der Waals surface area contributed by atoms with Gasteiger partial charge in [-0.3, -0.25) is 4.79 Å². The molecule has 0 spiro atoms. The molecule has 0 aromatic heterocycles. The number of hydrogen-bond donors (Lipinski definition) is 1. The summed E-state index contributed by atoms with van der Waals surface area (Å²) in [7, 11) is 0. The van der Waals surface area contributed by atoms with Crippen molar-refractivity contribution in [3.8, 4) is 11.5 Å². The Hall–Kier alpha value is -3.15. The van der Waals surface area contributed by atoms with E-state index in [1.54, 1.807) is 54.7 Å². The van der Waals surface area contributed by atoms with E-state index >= 15 is 0 Å². The molecule has 0 aliphatic carbocycles. The fraction of sp³-hybridized carbons (Fsp3) is 0.464. The van der Waals surface area contributed by atoms with Gasteiger partial charge in [0.2, 0.25) is 5.91 Å². The summed E-state index contributed by atoms with van der Waals surface area (Å²) in [5.74, 6) is 0.674. The van der Waals surface area contributed by atoms with Crippen molar-refractivity contribution in [2.24, 2.45) is 5.10 Å². The van der Waals surface area contributed by atoms with Crippen LogP contribution in [0.2, 0.25) is 0 Å². The molecule has 6 nitrogen and oxygen atoms in total. The van der Waals surface area contributed by atoms with Crippen molar-refractivity contribution in [3.63, 3.8) is 0 Å². The van der Waals surface area contributed by atoms with Crippen LogP contribution in [0.3, 0.4) is 0 Å². The third-order valence-corrected chi connectivity index (χ3v) is 5.36. The summed E-state index contributed by atoms with van der Waals surface area (Å²) in [5.41, 5.74) is 3.82. The van der Waals surface area contributed by atoms with Crippen LogP contribution in [0.25, 0.3) is 0 Å². The highest BCUT2D eigenvalue weighted by molar-refractivity contribution is 5.91. The topological polar surface area (TPSA) is 77.0 Å². The summed E-state index contributed by atoms with van der Waals surface area (Å²) in [6.07, 6.45) is 12.4. The molecule has 0 radical (unpaired) electrons. The second kappa shape index (κ2) is 16.5. The van der Waals surface area contributed by atoms with Crippen molar-refractivity contribution in [2.75, 3.05) is 6.61 Å². The van der Waals surface area contributed by atoms with Crippen molar-refractivity contribution in [1.82, 2.24) is 5.43 Å². The van der Waals surface area contributed by atoms with E-state index in [0.29, 0.717) is 24.3 Å². The molecule has 0 unspecified atom stereocenters. The Kier molecular flexibility index (Phi) is 13.1. The summed E-state index contributed by atoms with van der Waals surface area (Å²) < 4.78 is 11.0. The average Bonchev–Trinajstić information content (AvgIpc) is 2.85. The van der Waals surface area contributed by atoms with Gasteiger partial charge in [0.25, 0.3) is 0 Å². The number of rotatable bonds is 16. The zero-order valence-electron chi connectivity index (χ0n) is 20.6. The maximum atomic E-state index is 12.4. The number of esters is 1. The van der Waals surface area contributed by atoms with Gasteiger partial charge in [0, 0.05) is 6.42 Å². The molecule has 2 aromatic rings. The SMILES string of the molecule is CCCCCCCCCC(=O)N/N=C\c1ccc(OC(=O)c2ccc(OCCCC)cc2)cc1. The van der Waals surface area contributed by atoms with E-state index in [9.17, 15) is 9.59 Å². The first kappa shape index (κ1) is 27.1. The van der Waals surface area contributed by atoms with E-state index in [4.69, 9.17) is 9.47 Å². The molecule has 0 bridgehead atoms. The number of benzene rings is 2. The minimum atomic E-state index is -0.431. The molecule has 0 atom stereocenters. The first-order valence-corrected chi connectivity index (χ1v) is 12.5. The molecule has 0 heterocycles. The van der Waals surface area contributed by atoms with Gasteiger partial charge in [-0.2, -0.15) is 5.10 Å². The molecule has 2 aromatic carbocycles. The first-order chi connectivity index (χ1) is 16.6. The number of nitrogens with one attached hydrogen (secondary N) is 1. The maximum absolute atomic E-state index is 12.4. The van der Waals surface area contributed by atoms with Gasteiger partial charge in [0.15, 0.2) is 0 Å². The average molecular weight is 467 g/mol. The summed E-state index contributed by atoms with van der Waals surface area (Å²) in [6.45, 7) is 4.98. The molecule has 1 amide bonds. The second-order valence-electron chi connectivity index (χ2n) is 8.35. The Bertz CT molecular complexity index is 876. The van der Waals surface area contributed by atoms with Crippen LogP contribution in [0.4, 0.5) is 0 Å². The van der Waals surface area contributed by atoms with Crippen LogP contribution >= 0.6 is 0 Å². The lowest BCUT2D eigenvalue weighted by Gasteiger charge is -2.07. The minimum Gasteiger partial charge on any atom is -0.494 e. The van der Waals surface area contributed by atoms with E-state index in [0.717, 1.165) is 37.0 Å². The lowest BCUT2D eigenvalue weighted by molar-refractivity contribution is -0.121. The largest absolute Gasteiger partial charge is 0.494 e. The van der Waals surface area contributed by atoms with Gasteiger partial charge in [-0.25, -0.2) is 10.2 Å². The molecule has 6 heteroatoms. The van der Waals surface area contributed by atoms with Gasteiger partial charge in [0.1, 0.15) is 11.5 Å². The number of hydrazone groups is 1. The Labute approximate surface area is 203 Å². The maximum Gasteiger partial charge on any atom is 0.343 e.